The fraction of sp³-hybridized carbons (Fsp3) is 0.316. The Morgan fingerprint density at radius 2 is 1.93 bits per heavy atom. The van der Waals surface area contributed by atoms with Crippen LogP contribution < -0.4 is 5.56 Å². The van der Waals surface area contributed by atoms with Gasteiger partial charge in [-0.15, -0.1) is 0 Å². The van der Waals surface area contributed by atoms with Gasteiger partial charge in [0.05, 0.1) is 17.1 Å². The highest BCUT2D eigenvalue weighted by Crippen LogP contribution is 2.33. The van der Waals surface area contributed by atoms with E-state index in [1.807, 2.05) is 58.0 Å². The molecule has 28 heavy (non-hydrogen) atoms. The van der Waals surface area contributed by atoms with Crippen molar-refractivity contribution in [2.24, 2.45) is 0 Å². The monoisotopic (exact) mass is 396 g/mol. The number of thioether (sulfide) groups is 1. The highest BCUT2D eigenvalue weighted by molar-refractivity contribution is 7.99. The minimum absolute atomic E-state index is 0.169. The summed E-state index contributed by atoms with van der Waals surface area (Å²) in [7, 11) is 0. The molecule has 0 aliphatic carbocycles. The molecule has 0 spiro atoms. The molecule has 3 heterocycles. The Morgan fingerprint density at radius 3 is 2.61 bits per heavy atom. The van der Waals surface area contributed by atoms with Crippen molar-refractivity contribution in [3.05, 3.63) is 58.6 Å². The van der Waals surface area contributed by atoms with Gasteiger partial charge in [-0.3, -0.25) is 4.79 Å². The van der Waals surface area contributed by atoms with Crippen LogP contribution >= 0.6 is 11.8 Å². The standard InChI is InChI=1S/C19H20N6O2S/c1-11(16-23-17(24-27-16)19(2,3)4)28-18-21-14-13(15(26)22-18)10-20-25(14)12-8-6-5-7-9-12/h5-11H,1-4H3,(H,21,22,26)/t11-/m1/s1. The van der Waals surface area contributed by atoms with E-state index in [4.69, 9.17) is 4.52 Å². The molecule has 8 nitrogen and oxygen atoms in total. The van der Waals surface area contributed by atoms with Crippen molar-refractivity contribution in [1.82, 2.24) is 29.9 Å². The van der Waals surface area contributed by atoms with Crippen molar-refractivity contribution in [3.63, 3.8) is 0 Å². The summed E-state index contributed by atoms with van der Waals surface area (Å²) >= 11 is 1.35. The number of nitrogens with one attached hydrogen (secondary N) is 1. The minimum Gasteiger partial charge on any atom is -0.338 e. The number of H-pyrrole nitrogens is 1. The molecule has 0 amide bonds. The number of para-hydroxylation sites is 1. The second-order valence-corrected chi connectivity index (χ2v) is 8.80. The average Bonchev–Trinajstić information content (AvgIpc) is 3.30. The molecule has 0 saturated carbocycles. The maximum Gasteiger partial charge on any atom is 0.262 e. The average molecular weight is 396 g/mol. The van der Waals surface area contributed by atoms with E-state index < -0.39 is 0 Å². The molecule has 3 aromatic heterocycles. The molecule has 4 rings (SSSR count). The molecule has 1 aromatic carbocycles. The van der Waals surface area contributed by atoms with Crippen molar-refractivity contribution >= 4 is 22.8 Å². The molecule has 144 valence electrons. The lowest BCUT2D eigenvalue weighted by Crippen LogP contribution is -2.13. The van der Waals surface area contributed by atoms with E-state index in [1.165, 1.54) is 18.0 Å². The highest BCUT2D eigenvalue weighted by atomic mass is 32.2. The Balaban J connectivity index is 1.68. The Hall–Kier alpha value is -2.94. The quantitative estimate of drug-likeness (QED) is 0.415. The van der Waals surface area contributed by atoms with Gasteiger partial charge in [-0.05, 0) is 19.1 Å². The first-order valence-corrected chi connectivity index (χ1v) is 9.75. The molecule has 1 atom stereocenters. The molecule has 0 aliphatic rings. The van der Waals surface area contributed by atoms with Crippen LogP contribution in [0, 0.1) is 0 Å². The van der Waals surface area contributed by atoms with Crippen LogP contribution in [0.5, 0.6) is 0 Å². The number of fused-ring (bicyclic) bond motifs is 1. The summed E-state index contributed by atoms with van der Waals surface area (Å²) in [6.07, 6.45) is 1.53. The first kappa shape index (κ1) is 18.4. The Morgan fingerprint density at radius 1 is 1.18 bits per heavy atom. The van der Waals surface area contributed by atoms with Gasteiger partial charge in [0.2, 0.25) is 5.89 Å². The van der Waals surface area contributed by atoms with E-state index in [-0.39, 0.29) is 16.2 Å². The Labute approximate surface area is 165 Å². The zero-order valence-corrected chi connectivity index (χ0v) is 16.8. The number of nitrogens with zero attached hydrogens (tertiary/aromatic N) is 5. The number of benzene rings is 1. The summed E-state index contributed by atoms with van der Waals surface area (Å²) < 4.78 is 7.06. The van der Waals surface area contributed by atoms with Crippen molar-refractivity contribution in [1.29, 1.82) is 0 Å². The molecule has 1 N–H and O–H groups in total. The summed E-state index contributed by atoms with van der Waals surface area (Å²) in [5.74, 6) is 1.14. The van der Waals surface area contributed by atoms with Gasteiger partial charge in [-0.2, -0.15) is 10.1 Å². The third kappa shape index (κ3) is 3.45. The first-order valence-electron chi connectivity index (χ1n) is 8.87. The number of aromatic amines is 1. The molecular weight excluding hydrogens is 376 g/mol. The molecule has 4 aromatic rings. The smallest absolute Gasteiger partial charge is 0.262 e. The van der Waals surface area contributed by atoms with Crippen LogP contribution in [-0.4, -0.2) is 29.9 Å². The van der Waals surface area contributed by atoms with Gasteiger partial charge in [0.1, 0.15) is 5.39 Å². The fourth-order valence-corrected chi connectivity index (χ4v) is 3.46. The number of rotatable bonds is 4. The van der Waals surface area contributed by atoms with Crippen LogP contribution in [-0.2, 0) is 5.41 Å². The lowest BCUT2D eigenvalue weighted by atomic mass is 9.96. The summed E-state index contributed by atoms with van der Waals surface area (Å²) in [4.78, 5) is 24.4. The van der Waals surface area contributed by atoms with Crippen LogP contribution in [0.3, 0.4) is 0 Å². The Bertz CT molecular complexity index is 1170. The van der Waals surface area contributed by atoms with Gasteiger partial charge in [-0.25, -0.2) is 9.67 Å². The van der Waals surface area contributed by atoms with E-state index in [2.05, 4.69) is 25.2 Å². The number of hydrogen-bond donors (Lipinski definition) is 1. The van der Waals surface area contributed by atoms with Crippen molar-refractivity contribution < 1.29 is 4.52 Å². The minimum atomic E-state index is -0.234. The molecule has 9 heteroatoms. The van der Waals surface area contributed by atoms with Crippen molar-refractivity contribution in [2.45, 2.75) is 43.5 Å². The second kappa shape index (κ2) is 6.90. The summed E-state index contributed by atoms with van der Waals surface area (Å²) in [5.41, 5.74) is 0.916. The van der Waals surface area contributed by atoms with Crippen molar-refractivity contribution in [3.8, 4) is 5.69 Å². The third-order valence-corrected chi connectivity index (χ3v) is 5.14. The summed E-state index contributed by atoms with van der Waals surface area (Å²) in [6, 6.07) is 9.58. The van der Waals surface area contributed by atoms with Crippen LogP contribution in [0.25, 0.3) is 16.7 Å². The largest absolute Gasteiger partial charge is 0.338 e. The summed E-state index contributed by atoms with van der Waals surface area (Å²) in [6.45, 7) is 8.01. The van der Waals surface area contributed by atoms with Crippen LogP contribution in [0.2, 0.25) is 0 Å². The summed E-state index contributed by atoms with van der Waals surface area (Å²) in [5, 5.41) is 9.12. The zero-order chi connectivity index (χ0) is 19.9. The predicted molar refractivity (Wildman–Crippen MR) is 107 cm³/mol. The number of aromatic nitrogens is 6. The lowest BCUT2D eigenvalue weighted by molar-refractivity contribution is 0.364. The zero-order valence-electron chi connectivity index (χ0n) is 16.0. The van der Waals surface area contributed by atoms with Crippen LogP contribution in [0.15, 0.2) is 51.0 Å². The van der Waals surface area contributed by atoms with Gasteiger partial charge in [-0.1, -0.05) is 55.9 Å². The third-order valence-electron chi connectivity index (χ3n) is 4.17. The molecule has 0 saturated heterocycles. The topological polar surface area (TPSA) is 102 Å². The van der Waals surface area contributed by atoms with Gasteiger partial charge in [0, 0.05) is 5.41 Å². The molecule has 0 bridgehead atoms. The molecule has 0 fully saturated rings. The molecular formula is C19H20N6O2S. The SMILES string of the molecule is C[C@@H](Sc1nc2c(cnn2-c2ccccc2)c(=O)[nH]1)c1nc(C(C)(C)C)no1. The maximum atomic E-state index is 12.5. The fourth-order valence-electron chi connectivity index (χ4n) is 2.64. The van der Waals surface area contributed by atoms with Crippen molar-refractivity contribution in [2.75, 3.05) is 0 Å². The normalized spacial score (nSPS) is 13.1. The maximum absolute atomic E-state index is 12.5. The van der Waals surface area contributed by atoms with Gasteiger partial charge in [0.15, 0.2) is 16.6 Å². The molecule has 0 radical (unpaired) electrons. The van der Waals surface area contributed by atoms with Crippen LogP contribution in [0.4, 0.5) is 0 Å². The van der Waals surface area contributed by atoms with Gasteiger partial charge < -0.3 is 9.51 Å². The van der Waals surface area contributed by atoms with E-state index in [1.54, 1.807) is 4.68 Å². The van der Waals surface area contributed by atoms with E-state index >= 15 is 0 Å². The van der Waals surface area contributed by atoms with E-state index in [0.29, 0.717) is 27.9 Å². The van der Waals surface area contributed by atoms with Gasteiger partial charge in [0.25, 0.3) is 5.56 Å². The number of hydrogen-bond acceptors (Lipinski definition) is 7. The molecule has 0 aliphatic heterocycles. The first-order chi connectivity index (χ1) is 13.3. The van der Waals surface area contributed by atoms with Crippen LogP contribution in [0.1, 0.15) is 44.7 Å². The molecule has 0 unspecified atom stereocenters. The second-order valence-electron chi connectivity index (χ2n) is 7.47. The Kier molecular flexibility index (Phi) is 4.54. The van der Waals surface area contributed by atoms with E-state index in [0.717, 1.165) is 5.69 Å². The lowest BCUT2D eigenvalue weighted by Gasteiger charge is -2.11. The predicted octanol–water partition coefficient (Wildman–Crippen LogP) is 3.64. The van der Waals surface area contributed by atoms with E-state index in [9.17, 15) is 4.79 Å². The highest BCUT2D eigenvalue weighted by Gasteiger charge is 2.24. The van der Waals surface area contributed by atoms with Gasteiger partial charge >= 0.3 is 0 Å².